The highest BCUT2D eigenvalue weighted by atomic mass is 15.2. The summed E-state index contributed by atoms with van der Waals surface area (Å²) in [6, 6.07) is 12.2. The number of rotatable bonds is 3. The van der Waals surface area contributed by atoms with Crippen LogP contribution in [0.25, 0.3) is 10.8 Å². The number of hydrogen-bond donors (Lipinski definition) is 1. The molecule has 2 bridgehead atoms. The number of aromatic nitrogens is 1. The molecule has 0 amide bonds. The topological polar surface area (TPSA) is 28.2 Å². The second kappa shape index (κ2) is 5.30. The van der Waals surface area contributed by atoms with Gasteiger partial charge in [-0.2, -0.15) is 0 Å². The van der Waals surface area contributed by atoms with Gasteiger partial charge in [0.15, 0.2) is 0 Å². The Morgan fingerprint density at radius 2 is 1.90 bits per heavy atom. The van der Waals surface area contributed by atoms with Crippen LogP contribution in [0.3, 0.4) is 0 Å². The van der Waals surface area contributed by atoms with Gasteiger partial charge >= 0.3 is 0 Å². The van der Waals surface area contributed by atoms with Crippen LogP contribution >= 0.6 is 0 Å². The molecule has 4 rings (SSSR count). The van der Waals surface area contributed by atoms with Crippen LogP contribution in [0.15, 0.2) is 36.5 Å². The first kappa shape index (κ1) is 13.1. The molecule has 1 aromatic carbocycles. The number of benzene rings is 1. The first-order chi connectivity index (χ1) is 10.3. The van der Waals surface area contributed by atoms with E-state index in [2.05, 4.69) is 52.6 Å². The summed E-state index contributed by atoms with van der Waals surface area (Å²) in [5, 5.41) is 6.11. The van der Waals surface area contributed by atoms with E-state index in [0.29, 0.717) is 0 Å². The third-order valence-electron chi connectivity index (χ3n) is 5.43. The number of nitrogens with one attached hydrogen (secondary N) is 1. The first-order valence-corrected chi connectivity index (χ1v) is 8.11. The van der Waals surface area contributed by atoms with Crippen LogP contribution in [0, 0.1) is 5.92 Å². The normalized spacial score (nSPS) is 28.9. The monoisotopic (exact) mass is 281 g/mol. The lowest BCUT2D eigenvalue weighted by atomic mass is 9.91. The molecule has 0 aliphatic carbocycles. The van der Waals surface area contributed by atoms with Crippen molar-refractivity contribution >= 4 is 16.6 Å². The molecule has 2 aliphatic heterocycles. The minimum atomic E-state index is 0.791. The Balaban J connectivity index is 1.47. The third kappa shape index (κ3) is 2.40. The molecule has 3 heteroatoms. The van der Waals surface area contributed by atoms with E-state index >= 15 is 0 Å². The van der Waals surface area contributed by atoms with Crippen molar-refractivity contribution < 1.29 is 0 Å². The van der Waals surface area contributed by atoms with Gasteiger partial charge in [0.25, 0.3) is 0 Å². The lowest BCUT2D eigenvalue weighted by Gasteiger charge is -2.36. The summed E-state index contributed by atoms with van der Waals surface area (Å²) in [5.74, 6) is 1.83. The van der Waals surface area contributed by atoms with Gasteiger partial charge in [-0.25, -0.2) is 4.98 Å². The maximum atomic E-state index is 4.54. The van der Waals surface area contributed by atoms with Gasteiger partial charge in [0.2, 0.25) is 0 Å². The highest BCUT2D eigenvalue weighted by Crippen LogP contribution is 2.37. The highest BCUT2D eigenvalue weighted by Gasteiger charge is 2.38. The summed E-state index contributed by atoms with van der Waals surface area (Å²) in [6.07, 6.45) is 7.37. The predicted octanol–water partition coefficient (Wildman–Crippen LogP) is 3.52. The molecule has 1 aromatic heterocycles. The Morgan fingerprint density at radius 3 is 2.71 bits per heavy atom. The van der Waals surface area contributed by atoms with Crippen LogP contribution in [0.4, 0.5) is 5.82 Å². The second-order valence-electron chi connectivity index (χ2n) is 6.65. The van der Waals surface area contributed by atoms with Crippen molar-refractivity contribution in [2.45, 2.75) is 37.8 Å². The molecule has 0 radical (unpaired) electrons. The quantitative estimate of drug-likeness (QED) is 0.933. The van der Waals surface area contributed by atoms with E-state index in [1.807, 2.05) is 6.20 Å². The molecule has 2 unspecified atom stereocenters. The van der Waals surface area contributed by atoms with Crippen molar-refractivity contribution in [2.75, 3.05) is 18.9 Å². The predicted molar refractivity (Wildman–Crippen MR) is 87.5 cm³/mol. The average Bonchev–Trinajstić information content (AvgIpc) is 2.75. The molecular formula is C18H23N3. The summed E-state index contributed by atoms with van der Waals surface area (Å²) in [7, 11) is 2.30. The van der Waals surface area contributed by atoms with E-state index in [9.17, 15) is 0 Å². The Morgan fingerprint density at radius 1 is 1.14 bits per heavy atom. The van der Waals surface area contributed by atoms with Gasteiger partial charge in [-0.3, -0.25) is 0 Å². The molecule has 2 fully saturated rings. The van der Waals surface area contributed by atoms with Crippen LogP contribution in [-0.2, 0) is 0 Å². The molecule has 0 spiro atoms. The summed E-state index contributed by atoms with van der Waals surface area (Å²) in [5.41, 5.74) is 0. The fourth-order valence-corrected chi connectivity index (χ4v) is 4.19. The van der Waals surface area contributed by atoms with Gasteiger partial charge in [-0.05, 0) is 50.1 Å². The SMILES string of the molecule is CN1C2CCC1CC(CNc1nccc3ccccc13)C2. The highest BCUT2D eigenvalue weighted by molar-refractivity contribution is 5.91. The van der Waals surface area contributed by atoms with Gasteiger partial charge in [0, 0.05) is 30.2 Å². The van der Waals surface area contributed by atoms with Gasteiger partial charge in [0.1, 0.15) is 5.82 Å². The summed E-state index contributed by atoms with van der Waals surface area (Å²) in [6.45, 7) is 1.06. The first-order valence-electron chi connectivity index (χ1n) is 8.11. The van der Waals surface area contributed by atoms with Gasteiger partial charge in [-0.15, -0.1) is 0 Å². The zero-order chi connectivity index (χ0) is 14.2. The van der Waals surface area contributed by atoms with E-state index in [4.69, 9.17) is 0 Å². The van der Waals surface area contributed by atoms with Crippen molar-refractivity contribution in [3.8, 4) is 0 Å². The Labute approximate surface area is 126 Å². The average molecular weight is 281 g/mol. The van der Waals surface area contributed by atoms with Crippen molar-refractivity contribution in [1.82, 2.24) is 9.88 Å². The molecule has 3 nitrogen and oxygen atoms in total. The number of nitrogens with zero attached hydrogens (tertiary/aromatic N) is 2. The molecule has 1 N–H and O–H groups in total. The third-order valence-corrected chi connectivity index (χ3v) is 5.43. The van der Waals surface area contributed by atoms with Gasteiger partial charge in [-0.1, -0.05) is 24.3 Å². The van der Waals surface area contributed by atoms with E-state index in [1.54, 1.807) is 0 Å². The second-order valence-corrected chi connectivity index (χ2v) is 6.65. The van der Waals surface area contributed by atoms with Crippen LogP contribution in [0.1, 0.15) is 25.7 Å². The molecule has 2 aliphatic rings. The maximum absolute atomic E-state index is 4.54. The van der Waals surface area contributed by atoms with Gasteiger partial charge < -0.3 is 10.2 Å². The van der Waals surface area contributed by atoms with Crippen LogP contribution < -0.4 is 5.32 Å². The summed E-state index contributed by atoms with van der Waals surface area (Å²) >= 11 is 0. The number of pyridine rings is 1. The smallest absolute Gasteiger partial charge is 0.133 e. The van der Waals surface area contributed by atoms with Crippen molar-refractivity contribution in [3.63, 3.8) is 0 Å². The number of anilines is 1. The van der Waals surface area contributed by atoms with Crippen LogP contribution in [0.5, 0.6) is 0 Å². The molecule has 2 aromatic rings. The number of hydrogen-bond acceptors (Lipinski definition) is 3. The van der Waals surface area contributed by atoms with Crippen molar-refractivity contribution in [1.29, 1.82) is 0 Å². The summed E-state index contributed by atoms with van der Waals surface area (Å²) in [4.78, 5) is 7.14. The molecule has 3 heterocycles. The molecule has 110 valence electrons. The lowest BCUT2D eigenvalue weighted by molar-refractivity contribution is 0.139. The molecule has 2 atom stereocenters. The van der Waals surface area contributed by atoms with E-state index in [0.717, 1.165) is 30.4 Å². The Hall–Kier alpha value is -1.61. The number of piperidine rings is 1. The number of fused-ring (bicyclic) bond motifs is 3. The zero-order valence-electron chi connectivity index (χ0n) is 12.6. The minimum Gasteiger partial charge on any atom is -0.369 e. The molecule has 21 heavy (non-hydrogen) atoms. The van der Waals surface area contributed by atoms with Crippen molar-refractivity contribution in [2.24, 2.45) is 5.92 Å². The maximum Gasteiger partial charge on any atom is 0.133 e. The zero-order valence-corrected chi connectivity index (χ0v) is 12.6. The van der Waals surface area contributed by atoms with E-state index < -0.39 is 0 Å². The standard InChI is InChI=1S/C18H23N3/c1-21-15-6-7-16(21)11-13(10-15)12-20-18-17-5-3-2-4-14(17)8-9-19-18/h2-5,8-9,13,15-16H,6-7,10-12H2,1H3,(H,19,20). The Bertz CT molecular complexity index is 620. The van der Waals surface area contributed by atoms with Crippen LogP contribution in [-0.4, -0.2) is 35.6 Å². The Kier molecular flexibility index (Phi) is 3.30. The van der Waals surface area contributed by atoms with E-state index in [-0.39, 0.29) is 0 Å². The van der Waals surface area contributed by atoms with Crippen molar-refractivity contribution in [3.05, 3.63) is 36.5 Å². The molecular weight excluding hydrogens is 258 g/mol. The molecule has 0 saturated carbocycles. The summed E-state index contributed by atoms with van der Waals surface area (Å²) < 4.78 is 0. The fraction of sp³-hybridized carbons (Fsp3) is 0.500. The molecule has 2 saturated heterocycles. The fourth-order valence-electron chi connectivity index (χ4n) is 4.19. The van der Waals surface area contributed by atoms with Gasteiger partial charge in [0.05, 0.1) is 0 Å². The lowest BCUT2D eigenvalue weighted by Crippen LogP contribution is -2.41. The van der Waals surface area contributed by atoms with E-state index in [1.165, 1.54) is 36.5 Å². The minimum absolute atomic E-state index is 0.791. The van der Waals surface area contributed by atoms with Crippen LogP contribution in [0.2, 0.25) is 0 Å². The largest absolute Gasteiger partial charge is 0.369 e.